The Labute approximate surface area is 122 Å². The third-order valence-corrected chi connectivity index (χ3v) is 3.68. The van der Waals surface area contributed by atoms with Crippen molar-refractivity contribution in [3.8, 4) is 0 Å². The summed E-state index contributed by atoms with van der Waals surface area (Å²) in [4.78, 5) is 15.2. The molecule has 1 amide bonds. The van der Waals surface area contributed by atoms with Crippen LogP contribution in [0.5, 0.6) is 0 Å². The lowest BCUT2D eigenvalue weighted by Crippen LogP contribution is -2.13. The molecular formula is C15H10BrFN2O. The largest absolute Gasteiger partial charge is 0.361 e. The number of aromatic nitrogens is 1. The van der Waals surface area contributed by atoms with Crippen LogP contribution in [0.4, 0.5) is 10.1 Å². The van der Waals surface area contributed by atoms with Gasteiger partial charge in [0.1, 0.15) is 5.82 Å². The summed E-state index contributed by atoms with van der Waals surface area (Å²) in [6.45, 7) is 0. The molecule has 0 unspecified atom stereocenters. The summed E-state index contributed by atoms with van der Waals surface area (Å²) in [6.07, 6.45) is 1.81. The Kier molecular flexibility index (Phi) is 3.28. The lowest BCUT2D eigenvalue weighted by atomic mass is 10.1. The number of benzene rings is 2. The van der Waals surface area contributed by atoms with Gasteiger partial charge < -0.3 is 10.3 Å². The second-order valence-electron chi connectivity index (χ2n) is 4.33. The summed E-state index contributed by atoms with van der Waals surface area (Å²) in [6, 6.07) is 11.8. The Hall–Kier alpha value is -2.14. The third-order valence-electron chi connectivity index (χ3n) is 3.02. The number of nitrogens with one attached hydrogen (secondary N) is 2. The van der Waals surface area contributed by atoms with Gasteiger partial charge in [0, 0.05) is 21.7 Å². The maximum Gasteiger partial charge on any atom is 0.255 e. The lowest BCUT2D eigenvalue weighted by molar-refractivity contribution is 0.102. The second-order valence-corrected chi connectivity index (χ2v) is 5.18. The number of H-pyrrole nitrogens is 1. The van der Waals surface area contributed by atoms with Gasteiger partial charge in [0.15, 0.2) is 0 Å². The molecule has 0 fully saturated rings. The van der Waals surface area contributed by atoms with Crippen molar-refractivity contribution in [2.24, 2.45) is 0 Å². The maximum absolute atomic E-state index is 13.7. The fourth-order valence-electron chi connectivity index (χ4n) is 1.99. The number of amides is 1. The van der Waals surface area contributed by atoms with Crippen molar-refractivity contribution in [3.63, 3.8) is 0 Å². The topological polar surface area (TPSA) is 44.9 Å². The smallest absolute Gasteiger partial charge is 0.255 e. The monoisotopic (exact) mass is 332 g/mol. The highest BCUT2D eigenvalue weighted by atomic mass is 79.9. The normalized spacial score (nSPS) is 10.7. The maximum atomic E-state index is 13.7. The van der Waals surface area contributed by atoms with Crippen LogP contribution in [0.1, 0.15) is 10.4 Å². The number of hydrogen-bond donors (Lipinski definition) is 2. The van der Waals surface area contributed by atoms with E-state index in [1.54, 1.807) is 30.5 Å². The van der Waals surface area contributed by atoms with Gasteiger partial charge in [0.05, 0.1) is 5.69 Å². The molecule has 0 radical (unpaired) electrons. The molecule has 0 atom stereocenters. The molecule has 3 rings (SSSR count). The molecule has 1 heterocycles. The SMILES string of the molecule is O=C(Nc1c(F)cccc1Br)c1ccc2cc[nH]c2c1. The van der Waals surface area contributed by atoms with Crippen LogP contribution in [-0.4, -0.2) is 10.9 Å². The molecule has 0 aliphatic rings. The van der Waals surface area contributed by atoms with Crippen LogP contribution in [0.2, 0.25) is 0 Å². The molecular weight excluding hydrogens is 323 g/mol. The minimum atomic E-state index is -0.478. The van der Waals surface area contributed by atoms with Crippen molar-refractivity contribution in [2.45, 2.75) is 0 Å². The van der Waals surface area contributed by atoms with E-state index in [1.807, 2.05) is 12.1 Å². The van der Waals surface area contributed by atoms with Crippen molar-refractivity contribution < 1.29 is 9.18 Å². The minimum absolute atomic E-state index is 0.143. The first kappa shape index (κ1) is 12.9. The van der Waals surface area contributed by atoms with Crippen LogP contribution in [-0.2, 0) is 0 Å². The summed E-state index contributed by atoms with van der Waals surface area (Å²) in [5.74, 6) is -0.832. The Bertz CT molecular complexity index is 777. The molecule has 3 aromatic rings. The van der Waals surface area contributed by atoms with E-state index in [-0.39, 0.29) is 11.6 Å². The summed E-state index contributed by atoms with van der Waals surface area (Å²) < 4.78 is 14.2. The van der Waals surface area contributed by atoms with E-state index in [0.717, 1.165) is 10.9 Å². The standard InChI is InChI=1S/C15H10BrFN2O/c16-11-2-1-3-12(17)14(11)19-15(20)10-5-4-9-6-7-18-13(9)8-10/h1-8,18H,(H,19,20). The zero-order valence-electron chi connectivity index (χ0n) is 10.3. The molecule has 2 aromatic carbocycles. The first-order valence-electron chi connectivity index (χ1n) is 5.97. The predicted molar refractivity (Wildman–Crippen MR) is 80.4 cm³/mol. The first-order chi connectivity index (χ1) is 9.65. The van der Waals surface area contributed by atoms with Gasteiger partial charge in [-0.2, -0.15) is 0 Å². The molecule has 100 valence electrons. The van der Waals surface area contributed by atoms with E-state index in [2.05, 4.69) is 26.2 Å². The second kappa shape index (κ2) is 5.09. The molecule has 0 bridgehead atoms. The van der Waals surface area contributed by atoms with Crippen molar-refractivity contribution in [2.75, 3.05) is 5.32 Å². The number of fused-ring (bicyclic) bond motifs is 1. The van der Waals surface area contributed by atoms with Gasteiger partial charge in [-0.3, -0.25) is 4.79 Å². The quantitative estimate of drug-likeness (QED) is 0.721. The average molecular weight is 333 g/mol. The van der Waals surface area contributed by atoms with Crippen LogP contribution in [0, 0.1) is 5.82 Å². The summed E-state index contributed by atoms with van der Waals surface area (Å²) in [5, 5.41) is 3.60. The molecule has 2 N–H and O–H groups in total. The lowest BCUT2D eigenvalue weighted by Gasteiger charge is -2.08. The van der Waals surface area contributed by atoms with Crippen molar-refractivity contribution in [1.82, 2.24) is 4.98 Å². The van der Waals surface area contributed by atoms with Crippen LogP contribution >= 0.6 is 15.9 Å². The third kappa shape index (κ3) is 2.32. The number of carbonyl (C=O) groups excluding carboxylic acids is 1. The number of aromatic amines is 1. The van der Waals surface area contributed by atoms with Gasteiger partial charge in [-0.25, -0.2) is 4.39 Å². The Morgan fingerprint density at radius 1 is 1.20 bits per heavy atom. The number of hydrogen-bond acceptors (Lipinski definition) is 1. The Morgan fingerprint density at radius 3 is 2.85 bits per heavy atom. The van der Waals surface area contributed by atoms with E-state index < -0.39 is 5.82 Å². The average Bonchev–Trinajstić information content (AvgIpc) is 2.90. The van der Waals surface area contributed by atoms with E-state index in [4.69, 9.17) is 0 Å². The fraction of sp³-hybridized carbons (Fsp3) is 0. The van der Waals surface area contributed by atoms with E-state index >= 15 is 0 Å². The first-order valence-corrected chi connectivity index (χ1v) is 6.77. The zero-order valence-corrected chi connectivity index (χ0v) is 11.9. The minimum Gasteiger partial charge on any atom is -0.361 e. The van der Waals surface area contributed by atoms with Crippen molar-refractivity contribution in [3.05, 3.63) is 64.5 Å². The predicted octanol–water partition coefficient (Wildman–Crippen LogP) is 4.32. The molecule has 0 saturated heterocycles. The highest BCUT2D eigenvalue weighted by molar-refractivity contribution is 9.10. The van der Waals surface area contributed by atoms with Crippen molar-refractivity contribution in [1.29, 1.82) is 0 Å². The number of anilines is 1. The van der Waals surface area contributed by atoms with Gasteiger partial charge >= 0.3 is 0 Å². The Balaban J connectivity index is 1.92. The van der Waals surface area contributed by atoms with Gasteiger partial charge in [-0.05, 0) is 51.6 Å². The summed E-state index contributed by atoms with van der Waals surface area (Å²) in [7, 11) is 0. The molecule has 5 heteroatoms. The highest BCUT2D eigenvalue weighted by Gasteiger charge is 2.12. The molecule has 20 heavy (non-hydrogen) atoms. The van der Waals surface area contributed by atoms with E-state index in [9.17, 15) is 9.18 Å². The van der Waals surface area contributed by atoms with Gasteiger partial charge in [-0.1, -0.05) is 12.1 Å². The van der Waals surface area contributed by atoms with Gasteiger partial charge in [0.25, 0.3) is 5.91 Å². The summed E-state index contributed by atoms with van der Waals surface area (Å²) in [5.41, 5.74) is 1.48. The molecule has 0 spiro atoms. The Morgan fingerprint density at radius 2 is 2.05 bits per heavy atom. The zero-order chi connectivity index (χ0) is 14.1. The van der Waals surface area contributed by atoms with Crippen LogP contribution in [0.25, 0.3) is 10.9 Å². The highest BCUT2D eigenvalue weighted by Crippen LogP contribution is 2.26. The fourth-order valence-corrected chi connectivity index (χ4v) is 2.43. The van der Waals surface area contributed by atoms with Gasteiger partial charge in [0.2, 0.25) is 0 Å². The number of para-hydroxylation sites is 1. The summed E-state index contributed by atoms with van der Waals surface area (Å²) >= 11 is 3.22. The van der Waals surface area contributed by atoms with Crippen LogP contribution in [0.15, 0.2) is 53.1 Å². The molecule has 0 aliphatic carbocycles. The molecule has 0 aliphatic heterocycles. The van der Waals surface area contributed by atoms with Crippen molar-refractivity contribution >= 4 is 38.4 Å². The number of halogens is 2. The van der Waals surface area contributed by atoms with Gasteiger partial charge in [-0.15, -0.1) is 0 Å². The number of rotatable bonds is 2. The molecule has 1 aromatic heterocycles. The van der Waals surface area contributed by atoms with E-state index in [1.165, 1.54) is 6.07 Å². The number of carbonyl (C=O) groups is 1. The van der Waals surface area contributed by atoms with Crippen LogP contribution in [0.3, 0.4) is 0 Å². The van der Waals surface area contributed by atoms with E-state index in [0.29, 0.717) is 10.0 Å². The molecule has 3 nitrogen and oxygen atoms in total. The van der Waals surface area contributed by atoms with Crippen LogP contribution < -0.4 is 5.32 Å². The molecule has 0 saturated carbocycles.